The summed E-state index contributed by atoms with van der Waals surface area (Å²) in [6, 6.07) is -0.106. The summed E-state index contributed by atoms with van der Waals surface area (Å²) in [6.45, 7) is 1.92. The van der Waals surface area contributed by atoms with Gasteiger partial charge < -0.3 is 19.7 Å². The van der Waals surface area contributed by atoms with Crippen LogP contribution in [-0.2, 0) is 4.74 Å². The second-order valence-corrected chi connectivity index (χ2v) is 5.79. The Labute approximate surface area is 143 Å². The Morgan fingerprint density at radius 3 is 2.74 bits per heavy atom. The molecule has 1 aromatic rings. The Balaban J connectivity index is 0.00000192. The van der Waals surface area contributed by atoms with Crippen LogP contribution < -0.4 is 15.0 Å². The number of hydrogen-bond donors (Lipinski definition) is 1. The number of methoxy groups -OCH3 is 1. The van der Waals surface area contributed by atoms with Crippen molar-refractivity contribution in [3.05, 3.63) is 22.5 Å². The predicted octanol–water partition coefficient (Wildman–Crippen LogP) is 2.75. The third kappa shape index (κ3) is 3.20. The second kappa shape index (κ2) is 7.34. The Morgan fingerprint density at radius 2 is 2.04 bits per heavy atom. The lowest BCUT2D eigenvalue weighted by Gasteiger charge is -2.37. The van der Waals surface area contributed by atoms with Crippen molar-refractivity contribution < 1.29 is 22.6 Å². The summed E-state index contributed by atoms with van der Waals surface area (Å²) in [6.07, 6.45) is 0.120. The summed E-state index contributed by atoms with van der Waals surface area (Å²) in [5, 5.41) is 2.67. The first kappa shape index (κ1) is 18.4. The maximum absolute atomic E-state index is 14.3. The highest BCUT2D eigenvalue weighted by Crippen LogP contribution is 2.45. The van der Waals surface area contributed by atoms with Crippen molar-refractivity contribution in [1.82, 2.24) is 5.32 Å². The summed E-state index contributed by atoms with van der Waals surface area (Å²) in [7, 11) is 1.51. The number of piperazine rings is 1. The minimum atomic E-state index is -1.57. The number of nitrogens with one attached hydrogen (secondary N) is 1. The molecule has 0 aliphatic carbocycles. The van der Waals surface area contributed by atoms with Gasteiger partial charge in [0.15, 0.2) is 23.2 Å². The van der Waals surface area contributed by atoms with Gasteiger partial charge >= 0.3 is 0 Å². The molecule has 0 radical (unpaired) electrons. The zero-order chi connectivity index (χ0) is 15.9. The van der Waals surface area contributed by atoms with E-state index in [0.717, 1.165) is 0 Å². The van der Waals surface area contributed by atoms with Crippen molar-refractivity contribution in [3.8, 4) is 5.75 Å². The van der Waals surface area contributed by atoms with Crippen molar-refractivity contribution in [2.45, 2.75) is 18.6 Å². The molecule has 0 bridgehead atoms. The number of anilines is 1. The molecule has 2 aliphatic heterocycles. The van der Waals surface area contributed by atoms with Crippen LogP contribution >= 0.6 is 24.0 Å². The van der Waals surface area contributed by atoms with Crippen LogP contribution in [0.25, 0.3) is 0 Å². The number of ether oxygens (including phenoxy) is 2. The SMILES string of the molecule is COC[C@@H]1C[C@@H]2CNCCN2c2c(F)c(F)c(F)c(Cl)c2O1.Cl. The maximum Gasteiger partial charge on any atom is 0.198 e. The van der Waals surface area contributed by atoms with Gasteiger partial charge in [0.05, 0.1) is 6.61 Å². The van der Waals surface area contributed by atoms with E-state index in [1.54, 1.807) is 4.90 Å². The monoisotopic (exact) mass is 372 g/mol. The highest BCUT2D eigenvalue weighted by atomic mass is 35.5. The maximum atomic E-state index is 14.3. The van der Waals surface area contributed by atoms with Gasteiger partial charge in [-0.2, -0.15) is 0 Å². The first-order valence-electron chi connectivity index (χ1n) is 7.03. The molecule has 1 N–H and O–H groups in total. The van der Waals surface area contributed by atoms with Crippen molar-refractivity contribution in [2.24, 2.45) is 0 Å². The zero-order valence-corrected chi connectivity index (χ0v) is 13.9. The van der Waals surface area contributed by atoms with Gasteiger partial charge in [0, 0.05) is 39.2 Å². The largest absolute Gasteiger partial charge is 0.484 e. The molecular formula is C14H17Cl2F3N2O2. The number of fused-ring (bicyclic) bond motifs is 3. The standard InChI is InChI=1S/C14H16ClF3N2O2.ClH/c1-21-6-8-4-7-5-19-2-3-20(7)13-12(18)11(17)10(16)9(15)14(13)22-8;/h7-8,19H,2-6H2,1H3;1H/t7-,8+;/m1./s1. The fraction of sp³-hybridized carbons (Fsp3) is 0.571. The van der Waals surface area contributed by atoms with Crippen molar-refractivity contribution in [1.29, 1.82) is 0 Å². The molecule has 0 amide bonds. The van der Waals surface area contributed by atoms with Gasteiger partial charge in [-0.1, -0.05) is 11.6 Å². The lowest BCUT2D eigenvalue weighted by molar-refractivity contribution is 0.0743. The predicted molar refractivity (Wildman–Crippen MR) is 83.5 cm³/mol. The average molecular weight is 373 g/mol. The van der Waals surface area contributed by atoms with Crippen LogP contribution in [0.4, 0.5) is 18.9 Å². The number of halogens is 5. The lowest BCUT2D eigenvalue weighted by atomic mass is 10.1. The molecule has 0 spiro atoms. The summed E-state index contributed by atoms with van der Waals surface area (Å²) in [4.78, 5) is 1.70. The fourth-order valence-electron chi connectivity index (χ4n) is 3.04. The topological polar surface area (TPSA) is 33.7 Å². The Bertz CT molecular complexity index is 592. The molecule has 0 aromatic heterocycles. The summed E-state index contributed by atoms with van der Waals surface area (Å²) >= 11 is 5.87. The van der Waals surface area contributed by atoms with Crippen LogP contribution in [0.1, 0.15) is 6.42 Å². The van der Waals surface area contributed by atoms with Crippen LogP contribution in [0.3, 0.4) is 0 Å². The molecule has 2 atom stereocenters. The smallest absolute Gasteiger partial charge is 0.198 e. The molecule has 9 heteroatoms. The molecule has 0 saturated carbocycles. The van der Waals surface area contributed by atoms with Gasteiger partial charge in [-0.3, -0.25) is 0 Å². The fourth-order valence-corrected chi connectivity index (χ4v) is 3.25. The zero-order valence-electron chi connectivity index (χ0n) is 12.4. The highest BCUT2D eigenvalue weighted by molar-refractivity contribution is 6.32. The van der Waals surface area contributed by atoms with Crippen molar-refractivity contribution >= 4 is 29.7 Å². The van der Waals surface area contributed by atoms with Crippen LogP contribution in [0.5, 0.6) is 5.75 Å². The Morgan fingerprint density at radius 1 is 1.30 bits per heavy atom. The van der Waals surface area contributed by atoms with E-state index in [2.05, 4.69) is 5.32 Å². The van der Waals surface area contributed by atoms with Gasteiger partial charge in [-0.25, -0.2) is 13.2 Å². The summed E-state index contributed by atoms with van der Waals surface area (Å²) in [5.41, 5.74) is -0.103. The quantitative estimate of drug-likeness (QED) is 0.639. The summed E-state index contributed by atoms with van der Waals surface area (Å²) < 4.78 is 52.6. The molecule has 1 aromatic carbocycles. The van der Waals surface area contributed by atoms with E-state index in [1.165, 1.54) is 7.11 Å². The molecular weight excluding hydrogens is 356 g/mol. The third-order valence-electron chi connectivity index (χ3n) is 4.01. The molecule has 130 valence electrons. The van der Waals surface area contributed by atoms with E-state index >= 15 is 0 Å². The first-order chi connectivity index (χ1) is 10.5. The molecule has 1 saturated heterocycles. The molecule has 3 rings (SSSR count). The van der Waals surface area contributed by atoms with Crippen LogP contribution in [0, 0.1) is 17.5 Å². The van der Waals surface area contributed by atoms with Crippen LogP contribution in [-0.4, -0.2) is 45.5 Å². The highest BCUT2D eigenvalue weighted by Gasteiger charge is 2.38. The summed E-state index contributed by atoms with van der Waals surface area (Å²) in [5.74, 6) is -4.41. The van der Waals surface area contributed by atoms with Crippen molar-refractivity contribution in [3.63, 3.8) is 0 Å². The number of nitrogens with zero attached hydrogens (tertiary/aromatic N) is 1. The Hall–Kier alpha value is -0.890. The van der Waals surface area contributed by atoms with Crippen LogP contribution in [0.2, 0.25) is 5.02 Å². The van der Waals surface area contributed by atoms with E-state index in [1.807, 2.05) is 0 Å². The van der Waals surface area contributed by atoms with E-state index in [-0.39, 0.29) is 36.5 Å². The average Bonchev–Trinajstić information content (AvgIpc) is 2.68. The van der Waals surface area contributed by atoms with E-state index < -0.39 is 28.6 Å². The number of rotatable bonds is 2. The molecule has 2 aliphatic rings. The number of hydrogen-bond acceptors (Lipinski definition) is 4. The van der Waals surface area contributed by atoms with E-state index in [9.17, 15) is 13.2 Å². The molecule has 2 heterocycles. The Kier molecular flexibility index (Phi) is 5.89. The minimum Gasteiger partial charge on any atom is -0.484 e. The first-order valence-corrected chi connectivity index (χ1v) is 7.41. The second-order valence-electron chi connectivity index (χ2n) is 5.42. The molecule has 4 nitrogen and oxygen atoms in total. The van der Waals surface area contributed by atoms with Gasteiger partial charge in [0.1, 0.15) is 16.8 Å². The normalized spacial score (nSPS) is 23.3. The molecule has 1 fully saturated rings. The van der Waals surface area contributed by atoms with E-state index in [4.69, 9.17) is 21.1 Å². The van der Waals surface area contributed by atoms with Crippen molar-refractivity contribution in [2.75, 3.05) is 38.3 Å². The molecule has 23 heavy (non-hydrogen) atoms. The third-order valence-corrected chi connectivity index (χ3v) is 4.35. The van der Waals surface area contributed by atoms with Gasteiger partial charge in [0.2, 0.25) is 0 Å². The lowest BCUT2D eigenvalue weighted by Crippen LogP contribution is -2.52. The van der Waals surface area contributed by atoms with E-state index in [0.29, 0.717) is 26.1 Å². The molecule has 0 unspecified atom stereocenters. The van der Waals surface area contributed by atoms with Gasteiger partial charge in [-0.05, 0) is 0 Å². The van der Waals surface area contributed by atoms with Gasteiger partial charge in [-0.15, -0.1) is 12.4 Å². The van der Waals surface area contributed by atoms with Crippen LogP contribution in [0.15, 0.2) is 0 Å². The number of benzene rings is 1. The van der Waals surface area contributed by atoms with Gasteiger partial charge in [0.25, 0.3) is 0 Å². The minimum absolute atomic E-state index is 0.